The molecule has 2 heterocycles. The number of ether oxygens (including phenoxy) is 1. The van der Waals surface area contributed by atoms with E-state index in [0.717, 1.165) is 0 Å². The van der Waals surface area contributed by atoms with Crippen molar-refractivity contribution in [1.29, 1.82) is 0 Å². The molecule has 2 N–H and O–H groups in total. The molecule has 0 spiro atoms. The average Bonchev–Trinajstić information content (AvgIpc) is 2.82. The van der Waals surface area contributed by atoms with E-state index in [1.807, 2.05) is 13.0 Å². The molecule has 198 valence electrons. The number of nitrogens with zero attached hydrogens (tertiary/aromatic N) is 4. The fourth-order valence-corrected chi connectivity index (χ4v) is 4.59. The summed E-state index contributed by atoms with van der Waals surface area (Å²) in [7, 11) is 0. The zero-order valence-electron chi connectivity index (χ0n) is 22.1. The first-order valence-corrected chi connectivity index (χ1v) is 12.9. The van der Waals surface area contributed by atoms with Crippen LogP contribution < -0.4 is 15.1 Å². The lowest BCUT2D eigenvalue weighted by Gasteiger charge is -2.32. The minimum absolute atomic E-state index is 0.0505. The highest BCUT2D eigenvalue weighted by molar-refractivity contribution is 5.77. The average molecular weight is 502 g/mol. The molecule has 1 aromatic carbocycles. The number of rotatable bonds is 12. The number of halogens is 1. The lowest BCUT2D eigenvalue weighted by Crippen LogP contribution is -2.37. The molecular formula is C27H40FN5O3. The number of nitrogens with one attached hydrogen (secondary N) is 1. The number of hydrogen-bond donors (Lipinski definition) is 2. The van der Waals surface area contributed by atoms with Gasteiger partial charge in [0, 0.05) is 32.4 Å². The summed E-state index contributed by atoms with van der Waals surface area (Å²) in [5.41, 5.74) is 1.74. The Balaban J connectivity index is 2.06. The fourth-order valence-electron chi connectivity index (χ4n) is 4.59. The molecule has 2 aromatic rings. The molecule has 1 aliphatic heterocycles. The van der Waals surface area contributed by atoms with Crippen LogP contribution in [0.5, 0.6) is 0 Å². The van der Waals surface area contributed by atoms with Gasteiger partial charge in [-0.1, -0.05) is 34.6 Å². The Morgan fingerprint density at radius 1 is 1.19 bits per heavy atom. The molecule has 1 unspecified atom stereocenters. The zero-order chi connectivity index (χ0) is 26.2. The van der Waals surface area contributed by atoms with Crippen LogP contribution in [0.3, 0.4) is 0 Å². The van der Waals surface area contributed by atoms with E-state index in [1.165, 1.54) is 6.07 Å². The lowest BCUT2D eigenvalue weighted by atomic mass is 9.92. The molecule has 1 aliphatic rings. The van der Waals surface area contributed by atoms with Gasteiger partial charge in [-0.25, -0.2) is 9.37 Å². The van der Waals surface area contributed by atoms with Crippen molar-refractivity contribution in [1.82, 2.24) is 9.97 Å². The maximum Gasteiger partial charge on any atom is 0.303 e. The summed E-state index contributed by atoms with van der Waals surface area (Å²) >= 11 is 0. The zero-order valence-corrected chi connectivity index (χ0v) is 22.1. The van der Waals surface area contributed by atoms with Gasteiger partial charge in [-0.15, -0.1) is 0 Å². The van der Waals surface area contributed by atoms with Gasteiger partial charge in [-0.05, 0) is 47.9 Å². The van der Waals surface area contributed by atoms with E-state index in [2.05, 4.69) is 47.8 Å². The molecule has 1 aromatic heterocycles. The highest BCUT2D eigenvalue weighted by Crippen LogP contribution is 2.37. The minimum atomic E-state index is -0.895. The molecule has 0 amide bonds. The molecule has 9 heteroatoms. The fraction of sp³-hybridized carbons (Fsp3) is 0.593. The monoisotopic (exact) mass is 501 g/mol. The Morgan fingerprint density at radius 2 is 1.86 bits per heavy atom. The Labute approximate surface area is 213 Å². The predicted octanol–water partition coefficient (Wildman–Crippen LogP) is 5.28. The quantitative estimate of drug-likeness (QED) is 0.406. The first kappa shape index (κ1) is 27.6. The lowest BCUT2D eigenvalue weighted by molar-refractivity contribution is -0.137. The number of carboxylic acids is 1. The van der Waals surface area contributed by atoms with E-state index in [0.29, 0.717) is 86.4 Å². The topological polar surface area (TPSA) is 90.8 Å². The molecule has 1 saturated heterocycles. The first-order chi connectivity index (χ1) is 17.2. The van der Waals surface area contributed by atoms with Gasteiger partial charge in [0.1, 0.15) is 11.6 Å². The maximum atomic E-state index is 15.9. The highest BCUT2D eigenvalue weighted by Gasteiger charge is 2.24. The number of hydrogen-bond acceptors (Lipinski definition) is 7. The molecule has 36 heavy (non-hydrogen) atoms. The summed E-state index contributed by atoms with van der Waals surface area (Å²) in [6.45, 7) is 14.5. The predicted molar refractivity (Wildman–Crippen MR) is 142 cm³/mol. The van der Waals surface area contributed by atoms with Gasteiger partial charge < -0.3 is 25.0 Å². The van der Waals surface area contributed by atoms with Crippen molar-refractivity contribution in [2.75, 3.05) is 54.5 Å². The van der Waals surface area contributed by atoms with Crippen LogP contribution in [0.1, 0.15) is 58.9 Å². The second-order valence-electron chi connectivity index (χ2n) is 10.3. The van der Waals surface area contributed by atoms with E-state index >= 15 is 4.39 Å². The second kappa shape index (κ2) is 12.9. The van der Waals surface area contributed by atoms with Gasteiger partial charge in [-0.3, -0.25) is 4.79 Å². The Hall–Kier alpha value is -2.94. The van der Waals surface area contributed by atoms with E-state index in [1.54, 1.807) is 12.3 Å². The maximum absolute atomic E-state index is 15.9. The van der Waals surface area contributed by atoms with Crippen LogP contribution in [0.15, 0.2) is 24.4 Å². The van der Waals surface area contributed by atoms with Crippen molar-refractivity contribution >= 4 is 29.1 Å². The van der Waals surface area contributed by atoms with Crippen molar-refractivity contribution in [3.8, 4) is 0 Å². The van der Waals surface area contributed by atoms with Gasteiger partial charge in [-0.2, -0.15) is 4.98 Å². The number of aromatic nitrogens is 2. The second-order valence-corrected chi connectivity index (χ2v) is 10.3. The standard InChI is InChI=1S/C27H40FN5O3/c1-6-20(15-25(34)35)21-13-22(28)26(33(16-18(2)3)17-19(4)5)23(14-21)30-24-7-8-29-27(31-24)32-9-11-36-12-10-32/h7-8,13-14,18-20H,6,9-12,15-17H2,1-5H3,(H,34,35)(H,29,30,31). The summed E-state index contributed by atoms with van der Waals surface area (Å²) in [5.74, 6) is 0.279. The van der Waals surface area contributed by atoms with Gasteiger partial charge in [0.15, 0.2) is 0 Å². The van der Waals surface area contributed by atoms with E-state index in [9.17, 15) is 9.90 Å². The third-order valence-electron chi connectivity index (χ3n) is 6.16. The van der Waals surface area contributed by atoms with Crippen LogP contribution in [-0.2, 0) is 9.53 Å². The number of anilines is 4. The molecule has 3 rings (SSSR count). The third kappa shape index (κ3) is 7.53. The molecule has 1 fully saturated rings. The van der Waals surface area contributed by atoms with Crippen LogP contribution in [0.25, 0.3) is 0 Å². The van der Waals surface area contributed by atoms with Crippen molar-refractivity contribution in [3.63, 3.8) is 0 Å². The minimum Gasteiger partial charge on any atom is -0.481 e. The summed E-state index contributed by atoms with van der Waals surface area (Å²) < 4.78 is 21.3. The Bertz CT molecular complexity index is 1000. The first-order valence-electron chi connectivity index (χ1n) is 12.9. The molecular weight excluding hydrogens is 461 g/mol. The summed E-state index contributed by atoms with van der Waals surface area (Å²) in [6.07, 6.45) is 2.24. The van der Waals surface area contributed by atoms with Crippen LogP contribution in [0.4, 0.5) is 27.5 Å². The number of morpholine rings is 1. The molecule has 0 bridgehead atoms. The van der Waals surface area contributed by atoms with Crippen molar-refractivity contribution < 1.29 is 19.0 Å². The van der Waals surface area contributed by atoms with Crippen LogP contribution in [-0.4, -0.2) is 60.4 Å². The van der Waals surface area contributed by atoms with Crippen molar-refractivity contribution in [3.05, 3.63) is 35.8 Å². The normalized spacial score (nSPS) is 14.8. The van der Waals surface area contributed by atoms with Crippen LogP contribution >= 0.6 is 0 Å². The van der Waals surface area contributed by atoms with Crippen molar-refractivity contribution in [2.45, 2.75) is 53.4 Å². The molecule has 8 nitrogen and oxygen atoms in total. The molecule has 0 saturated carbocycles. The Morgan fingerprint density at radius 3 is 2.44 bits per heavy atom. The SMILES string of the molecule is CCC(CC(=O)O)c1cc(F)c(N(CC(C)C)CC(C)C)c(Nc2ccnc(N3CCOCC3)n2)c1. The van der Waals surface area contributed by atoms with E-state index < -0.39 is 5.97 Å². The number of benzene rings is 1. The van der Waals surface area contributed by atoms with E-state index in [-0.39, 0.29) is 18.2 Å². The van der Waals surface area contributed by atoms with Gasteiger partial charge in [0.2, 0.25) is 5.95 Å². The van der Waals surface area contributed by atoms with Crippen LogP contribution in [0, 0.1) is 17.7 Å². The largest absolute Gasteiger partial charge is 0.481 e. The summed E-state index contributed by atoms with van der Waals surface area (Å²) in [6, 6.07) is 5.16. The van der Waals surface area contributed by atoms with Gasteiger partial charge >= 0.3 is 5.97 Å². The van der Waals surface area contributed by atoms with Gasteiger partial charge in [0.05, 0.1) is 31.0 Å². The van der Waals surface area contributed by atoms with Crippen molar-refractivity contribution in [2.24, 2.45) is 11.8 Å². The highest BCUT2D eigenvalue weighted by atomic mass is 19.1. The molecule has 1 atom stereocenters. The Kier molecular flexibility index (Phi) is 9.87. The van der Waals surface area contributed by atoms with Gasteiger partial charge in [0.25, 0.3) is 0 Å². The molecule has 0 aliphatic carbocycles. The number of carboxylic acid groups (broad SMARTS) is 1. The van der Waals surface area contributed by atoms with E-state index in [4.69, 9.17) is 9.72 Å². The third-order valence-corrected chi connectivity index (χ3v) is 6.16. The number of aliphatic carboxylic acids is 1. The smallest absolute Gasteiger partial charge is 0.303 e. The summed E-state index contributed by atoms with van der Waals surface area (Å²) in [4.78, 5) is 24.7. The summed E-state index contributed by atoms with van der Waals surface area (Å²) in [5, 5.41) is 12.8. The van der Waals surface area contributed by atoms with Crippen LogP contribution in [0.2, 0.25) is 0 Å². The number of carbonyl (C=O) groups is 1. The molecule has 0 radical (unpaired) electrons.